The molecule has 3 N–H and O–H groups in total. The lowest BCUT2D eigenvalue weighted by Gasteiger charge is -2.26. The quantitative estimate of drug-likeness (QED) is 0.199. The number of guanidine groups is 1. The molecule has 0 spiro atoms. The molecule has 32 heavy (non-hydrogen) atoms. The number of aliphatic imine (C=N–C) groups is 1. The normalized spacial score (nSPS) is 19.2. The summed E-state index contributed by atoms with van der Waals surface area (Å²) >= 11 is 0. The largest absolute Gasteiger partial charge is 0.357 e. The lowest BCUT2D eigenvalue weighted by atomic mass is 9.88. The Hall–Kier alpha value is -1.84. The van der Waals surface area contributed by atoms with Gasteiger partial charge in [0, 0.05) is 50.2 Å². The monoisotopic (exact) mass is 555 g/mol. The number of nitrogens with one attached hydrogen (secondary N) is 3. The predicted molar refractivity (Wildman–Crippen MR) is 139 cm³/mol. The number of nitrogens with zero attached hydrogens (tertiary/aromatic N) is 2. The first-order chi connectivity index (χ1) is 15.2. The third-order valence-electron chi connectivity index (χ3n) is 6.07. The highest BCUT2D eigenvalue weighted by atomic mass is 127. The van der Waals surface area contributed by atoms with E-state index in [1.54, 1.807) is 0 Å². The molecule has 0 bridgehead atoms. The summed E-state index contributed by atoms with van der Waals surface area (Å²) in [5.41, 5.74) is 0.676. The molecule has 1 saturated carbocycles. The van der Waals surface area contributed by atoms with Gasteiger partial charge in [0.05, 0.1) is 0 Å². The van der Waals surface area contributed by atoms with Crippen molar-refractivity contribution in [1.29, 1.82) is 0 Å². The number of amides is 2. The van der Waals surface area contributed by atoms with Gasteiger partial charge in [-0.05, 0) is 44.7 Å². The molecule has 2 aliphatic rings. The maximum absolute atomic E-state index is 12.8. The van der Waals surface area contributed by atoms with Crippen LogP contribution in [-0.2, 0) is 4.79 Å². The zero-order valence-electron chi connectivity index (χ0n) is 19.1. The highest BCUT2D eigenvalue weighted by molar-refractivity contribution is 14.0. The molecule has 1 heterocycles. The highest BCUT2D eigenvalue weighted by Gasteiger charge is 2.31. The molecule has 3 rings (SSSR count). The molecule has 7 nitrogen and oxygen atoms in total. The van der Waals surface area contributed by atoms with Crippen LogP contribution in [0.5, 0.6) is 0 Å². The molecular weight excluding hydrogens is 517 g/mol. The van der Waals surface area contributed by atoms with Crippen LogP contribution in [0.2, 0.25) is 0 Å². The number of benzene rings is 1. The van der Waals surface area contributed by atoms with E-state index in [0.717, 1.165) is 51.3 Å². The van der Waals surface area contributed by atoms with E-state index in [2.05, 4.69) is 20.9 Å². The summed E-state index contributed by atoms with van der Waals surface area (Å²) in [5, 5.41) is 9.71. The van der Waals surface area contributed by atoms with Gasteiger partial charge in [0.2, 0.25) is 5.91 Å². The van der Waals surface area contributed by atoms with E-state index in [1.807, 2.05) is 42.2 Å². The van der Waals surface area contributed by atoms with Crippen LogP contribution < -0.4 is 16.0 Å². The number of likely N-dealkylation sites (tertiary alicyclic amines) is 1. The number of hydrogen-bond donors (Lipinski definition) is 3. The second-order valence-corrected chi connectivity index (χ2v) is 8.49. The Labute approximate surface area is 209 Å². The molecule has 1 atom stereocenters. The van der Waals surface area contributed by atoms with E-state index in [-0.39, 0.29) is 41.8 Å². The van der Waals surface area contributed by atoms with E-state index < -0.39 is 0 Å². The van der Waals surface area contributed by atoms with Gasteiger partial charge < -0.3 is 20.9 Å². The van der Waals surface area contributed by atoms with Crippen LogP contribution in [0.1, 0.15) is 62.2 Å². The van der Waals surface area contributed by atoms with Gasteiger partial charge in [-0.3, -0.25) is 14.6 Å². The second-order valence-electron chi connectivity index (χ2n) is 8.49. The molecule has 178 valence electrons. The van der Waals surface area contributed by atoms with Gasteiger partial charge in [0.15, 0.2) is 5.96 Å². The van der Waals surface area contributed by atoms with Gasteiger partial charge in [0.25, 0.3) is 5.91 Å². The highest BCUT2D eigenvalue weighted by Crippen LogP contribution is 2.26. The molecule has 1 aromatic carbocycles. The SMILES string of the molecule is CCNC(=NCCCNC(=O)c1ccccc1)NC1CCN(C(=O)C2CCCCC2)C1.I. The molecule has 1 aromatic rings. The Morgan fingerprint density at radius 2 is 1.81 bits per heavy atom. The number of rotatable bonds is 8. The Balaban J connectivity index is 0.00000363. The van der Waals surface area contributed by atoms with Crippen molar-refractivity contribution in [3.8, 4) is 0 Å². The Morgan fingerprint density at radius 1 is 1.06 bits per heavy atom. The Bertz CT molecular complexity index is 737. The third kappa shape index (κ3) is 8.26. The first-order valence-corrected chi connectivity index (χ1v) is 11.8. The molecular formula is C24H38IN5O2. The lowest BCUT2D eigenvalue weighted by molar-refractivity contribution is -0.135. The number of hydrogen-bond acceptors (Lipinski definition) is 3. The summed E-state index contributed by atoms with van der Waals surface area (Å²) in [4.78, 5) is 31.5. The summed E-state index contributed by atoms with van der Waals surface area (Å²) in [6.45, 7) is 5.63. The third-order valence-corrected chi connectivity index (χ3v) is 6.07. The van der Waals surface area contributed by atoms with Gasteiger partial charge in [-0.1, -0.05) is 37.5 Å². The van der Waals surface area contributed by atoms with Crippen LogP contribution >= 0.6 is 24.0 Å². The van der Waals surface area contributed by atoms with Crippen molar-refractivity contribution in [2.75, 3.05) is 32.7 Å². The molecule has 1 aliphatic carbocycles. The molecule has 0 radical (unpaired) electrons. The van der Waals surface area contributed by atoms with E-state index in [9.17, 15) is 9.59 Å². The summed E-state index contributed by atoms with van der Waals surface area (Å²) in [6.07, 6.45) is 7.48. The Morgan fingerprint density at radius 3 is 2.53 bits per heavy atom. The maximum Gasteiger partial charge on any atom is 0.251 e. The average Bonchev–Trinajstić information content (AvgIpc) is 3.28. The van der Waals surface area contributed by atoms with Crippen LogP contribution in [0.3, 0.4) is 0 Å². The van der Waals surface area contributed by atoms with Gasteiger partial charge in [-0.2, -0.15) is 0 Å². The van der Waals surface area contributed by atoms with Crippen molar-refractivity contribution in [3.05, 3.63) is 35.9 Å². The van der Waals surface area contributed by atoms with Crippen LogP contribution in [0.25, 0.3) is 0 Å². The van der Waals surface area contributed by atoms with Crippen molar-refractivity contribution in [2.45, 2.75) is 57.9 Å². The molecule has 2 amide bonds. The van der Waals surface area contributed by atoms with Gasteiger partial charge in [-0.25, -0.2) is 0 Å². The fraction of sp³-hybridized carbons (Fsp3) is 0.625. The Kier molecular flexibility index (Phi) is 11.8. The minimum absolute atomic E-state index is 0. The fourth-order valence-corrected chi connectivity index (χ4v) is 4.36. The molecule has 0 aromatic heterocycles. The van der Waals surface area contributed by atoms with Crippen molar-refractivity contribution in [2.24, 2.45) is 10.9 Å². The van der Waals surface area contributed by atoms with E-state index in [0.29, 0.717) is 24.6 Å². The van der Waals surface area contributed by atoms with Crippen LogP contribution in [0.15, 0.2) is 35.3 Å². The lowest BCUT2D eigenvalue weighted by Crippen LogP contribution is -2.45. The number of carbonyl (C=O) groups excluding carboxylic acids is 2. The first kappa shape index (κ1) is 26.4. The van der Waals surface area contributed by atoms with Crippen molar-refractivity contribution in [3.63, 3.8) is 0 Å². The average molecular weight is 556 g/mol. The molecule has 2 fully saturated rings. The minimum Gasteiger partial charge on any atom is -0.357 e. The topological polar surface area (TPSA) is 85.8 Å². The predicted octanol–water partition coefficient (Wildman–Crippen LogP) is 3.16. The van der Waals surface area contributed by atoms with Crippen molar-refractivity contribution < 1.29 is 9.59 Å². The smallest absolute Gasteiger partial charge is 0.251 e. The number of carbonyl (C=O) groups is 2. The summed E-state index contributed by atoms with van der Waals surface area (Å²) in [7, 11) is 0. The molecule has 1 aliphatic heterocycles. The first-order valence-electron chi connectivity index (χ1n) is 11.8. The zero-order chi connectivity index (χ0) is 21.9. The van der Waals surface area contributed by atoms with Gasteiger partial charge in [-0.15, -0.1) is 24.0 Å². The standard InChI is InChI=1S/C24H37N5O2.HI/c1-2-25-24(27-16-9-15-26-22(30)19-10-5-3-6-11-19)28-21-14-17-29(18-21)23(31)20-12-7-4-8-13-20;/h3,5-6,10-11,20-21H,2,4,7-9,12-18H2,1H3,(H,26,30)(H2,25,27,28);1H. The second kappa shape index (κ2) is 14.3. The van der Waals surface area contributed by atoms with Crippen LogP contribution in [0, 0.1) is 5.92 Å². The van der Waals surface area contributed by atoms with E-state index in [4.69, 9.17) is 0 Å². The van der Waals surface area contributed by atoms with Crippen LogP contribution in [-0.4, -0.2) is 61.4 Å². The van der Waals surface area contributed by atoms with Gasteiger partial charge >= 0.3 is 0 Å². The van der Waals surface area contributed by atoms with E-state index in [1.165, 1.54) is 19.3 Å². The van der Waals surface area contributed by atoms with Gasteiger partial charge in [0.1, 0.15) is 0 Å². The summed E-state index contributed by atoms with van der Waals surface area (Å²) in [5.74, 6) is 1.32. The van der Waals surface area contributed by atoms with Crippen molar-refractivity contribution >= 4 is 41.8 Å². The fourth-order valence-electron chi connectivity index (χ4n) is 4.36. The molecule has 1 saturated heterocycles. The van der Waals surface area contributed by atoms with Crippen molar-refractivity contribution in [1.82, 2.24) is 20.9 Å². The van der Waals surface area contributed by atoms with E-state index >= 15 is 0 Å². The molecule has 8 heteroatoms. The zero-order valence-corrected chi connectivity index (χ0v) is 21.5. The molecule has 1 unspecified atom stereocenters. The maximum atomic E-state index is 12.8. The van der Waals surface area contributed by atoms with Crippen LogP contribution in [0.4, 0.5) is 0 Å². The summed E-state index contributed by atoms with van der Waals surface area (Å²) < 4.78 is 0. The number of halogens is 1. The summed E-state index contributed by atoms with van der Waals surface area (Å²) in [6, 6.07) is 9.48. The minimum atomic E-state index is -0.0525.